The normalized spacial score (nSPS) is 11.5. The van der Waals surface area contributed by atoms with Crippen molar-refractivity contribution in [1.29, 1.82) is 0 Å². The predicted molar refractivity (Wildman–Crippen MR) is 82.2 cm³/mol. The molecule has 0 spiro atoms. The first-order valence-electron chi connectivity index (χ1n) is 7.17. The minimum Gasteiger partial charge on any atom is -0.494 e. The quantitative estimate of drug-likeness (QED) is 0.753. The Balaban J connectivity index is 3.19. The van der Waals surface area contributed by atoms with Gasteiger partial charge in [-0.3, -0.25) is 0 Å². The molecule has 0 radical (unpaired) electrons. The Bertz CT molecular complexity index is 478. The number of rotatable bonds is 7. The Morgan fingerprint density at radius 3 is 2.25 bits per heavy atom. The summed E-state index contributed by atoms with van der Waals surface area (Å²) in [6.45, 7) is 8.84. The molecular weight excluding hydrogens is 252 g/mol. The molecule has 1 rings (SSSR count). The number of ether oxygens (including phenoxy) is 1. The van der Waals surface area contributed by atoms with Crippen LogP contribution in [0.1, 0.15) is 49.8 Å². The van der Waals surface area contributed by atoms with Crippen molar-refractivity contribution < 1.29 is 14.6 Å². The zero-order chi connectivity index (χ0) is 15.1. The fourth-order valence-corrected chi connectivity index (χ4v) is 2.42. The van der Waals surface area contributed by atoms with Crippen LogP contribution in [0.2, 0.25) is 0 Å². The van der Waals surface area contributed by atoms with E-state index in [9.17, 15) is 4.79 Å². The first-order valence-corrected chi connectivity index (χ1v) is 7.17. The molecule has 0 unspecified atom stereocenters. The first-order chi connectivity index (χ1) is 9.49. The van der Waals surface area contributed by atoms with Crippen molar-refractivity contribution in [3.8, 4) is 5.75 Å². The van der Waals surface area contributed by atoms with E-state index in [1.807, 2.05) is 26.0 Å². The lowest BCUT2D eigenvalue weighted by molar-refractivity contribution is -0.131. The molecule has 3 nitrogen and oxygen atoms in total. The van der Waals surface area contributed by atoms with Crippen molar-refractivity contribution in [2.75, 3.05) is 6.61 Å². The second kappa shape index (κ2) is 7.73. The minimum atomic E-state index is -0.890. The number of carboxylic acids is 1. The van der Waals surface area contributed by atoms with Crippen LogP contribution in [-0.4, -0.2) is 17.7 Å². The highest BCUT2D eigenvalue weighted by atomic mass is 16.5. The van der Waals surface area contributed by atoms with Gasteiger partial charge < -0.3 is 9.84 Å². The summed E-state index contributed by atoms with van der Waals surface area (Å²) in [6.07, 6.45) is 3.99. The Hall–Kier alpha value is -1.77. The molecule has 110 valence electrons. The van der Waals surface area contributed by atoms with E-state index < -0.39 is 5.97 Å². The molecule has 3 heteroatoms. The summed E-state index contributed by atoms with van der Waals surface area (Å²) in [6, 6.07) is 3.98. The fourth-order valence-electron chi connectivity index (χ4n) is 2.42. The third-order valence-electron chi connectivity index (χ3n) is 3.12. The van der Waals surface area contributed by atoms with Gasteiger partial charge in [0.05, 0.1) is 6.61 Å². The summed E-state index contributed by atoms with van der Waals surface area (Å²) in [7, 11) is 0. The molecule has 1 aromatic rings. The maximum atomic E-state index is 11.0. The fraction of sp³-hybridized carbons (Fsp3) is 0.471. The van der Waals surface area contributed by atoms with Crippen LogP contribution >= 0.6 is 0 Å². The van der Waals surface area contributed by atoms with Gasteiger partial charge in [-0.25, -0.2) is 4.79 Å². The van der Waals surface area contributed by atoms with E-state index >= 15 is 0 Å². The van der Waals surface area contributed by atoms with Crippen LogP contribution in [-0.2, 0) is 4.79 Å². The van der Waals surface area contributed by atoms with Gasteiger partial charge in [0.1, 0.15) is 5.75 Å². The van der Waals surface area contributed by atoms with Crippen LogP contribution in [0.15, 0.2) is 18.2 Å². The highest BCUT2D eigenvalue weighted by Crippen LogP contribution is 2.30. The molecule has 0 amide bonds. The molecule has 0 saturated carbocycles. The number of aryl methyl sites for hydroxylation is 2. The number of hydrogen-bond donors (Lipinski definition) is 1. The van der Waals surface area contributed by atoms with Crippen molar-refractivity contribution in [1.82, 2.24) is 0 Å². The van der Waals surface area contributed by atoms with Gasteiger partial charge >= 0.3 is 5.97 Å². The van der Waals surface area contributed by atoms with E-state index in [4.69, 9.17) is 9.84 Å². The van der Waals surface area contributed by atoms with E-state index in [2.05, 4.69) is 13.8 Å². The molecular formula is C17H24O3. The molecule has 20 heavy (non-hydrogen) atoms. The monoisotopic (exact) mass is 276 g/mol. The van der Waals surface area contributed by atoms with Crippen LogP contribution in [0.5, 0.6) is 5.75 Å². The number of hydrogen-bond acceptors (Lipinski definition) is 2. The molecule has 0 aliphatic heterocycles. The van der Waals surface area contributed by atoms with Crippen molar-refractivity contribution in [3.05, 3.63) is 34.9 Å². The van der Waals surface area contributed by atoms with Crippen molar-refractivity contribution in [2.45, 2.75) is 47.0 Å². The topological polar surface area (TPSA) is 46.5 Å². The molecule has 0 aromatic heterocycles. The van der Waals surface area contributed by atoms with Crippen LogP contribution in [0.25, 0.3) is 5.57 Å². The van der Waals surface area contributed by atoms with Crippen LogP contribution in [0, 0.1) is 13.8 Å². The zero-order valence-electron chi connectivity index (χ0n) is 12.8. The van der Waals surface area contributed by atoms with Crippen LogP contribution in [0.3, 0.4) is 0 Å². The van der Waals surface area contributed by atoms with E-state index in [-0.39, 0.29) is 0 Å². The number of allylic oxidation sites excluding steroid dienone is 1. The predicted octanol–water partition coefficient (Wildman–Crippen LogP) is 4.36. The standard InChI is InChI=1S/C17H24O3/c1-5-7-14(11-16(18)19)17-12(3)9-15(10-13(17)4)20-8-6-2/h9-11H,5-8H2,1-4H3,(H,18,19)/b14-11+. The Morgan fingerprint density at radius 2 is 1.80 bits per heavy atom. The van der Waals surface area contributed by atoms with Crippen LogP contribution in [0.4, 0.5) is 0 Å². The number of aliphatic carboxylic acids is 1. The van der Waals surface area contributed by atoms with E-state index in [0.717, 1.165) is 47.3 Å². The Kier molecular flexibility index (Phi) is 6.29. The SMILES string of the molecule is CCCOc1cc(C)c(/C(=C/C(=O)O)CCC)c(C)c1. The number of carbonyl (C=O) groups is 1. The lowest BCUT2D eigenvalue weighted by Gasteiger charge is -2.15. The maximum Gasteiger partial charge on any atom is 0.328 e. The van der Waals surface area contributed by atoms with Gasteiger partial charge in [0.2, 0.25) is 0 Å². The maximum absolute atomic E-state index is 11.0. The highest BCUT2D eigenvalue weighted by Gasteiger charge is 2.11. The van der Waals surface area contributed by atoms with Gasteiger partial charge in [0.15, 0.2) is 0 Å². The average Bonchev–Trinajstić information content (AvgIpc) is 2.35. The lowest BCUT2D eigenvalue weighted by Crippen LogP contribution is -2.01. The van der Waals surface area contributed by atoms with Gasteiger partial charge in [-0.15, -0.1) is 0 Å². The molecule has 0 aliphatic carbocycles. The first kappa shape index (κ1) is 16.3. The molecule has 1 N–H and O–H groups in total. The summed E-state index contributed by atoms with van der Waals surface area (Å²) < 4.78 is 5.66. The molecule has 0 atom stereocenters. The van der Waals surface area contributed by atoms with Gasteiger partial charge in [0, 0.05) is 6.08 Å². The molecule has 1 aromatic carbocycles. The Labute approximate surface area is 121 Å². The van der Waals surface area contributed by atoms with Crippen LogP contribution < -0.4 is 4.74 Å². The minimum absolute atomic E-state index is 0.699. The van der Waals surface area contributed by atoms with Crippen molar-refractivity contribution in [2.24, 2.45) is 0 Å². The summed E-state index contributed by atoms with van der Waals surface area (Å²) >= 11 is 0. The second-order valence-electron chi connectivity index (χ2n) is 5.04. The number of benzene rings is 1. The summed E-state index contributed by atoms with van der Waals surface area (Å²) in [5.41, 5.74) is 4.06. The smallest absolute Gasteiger partial charge is 0.328 e. The zero-order valence-corrected chi connectivity index (χ0v) is 12.8. The van der Waals surface area contributed by atoms with Crippen molar-refractivity contribution in [3.63, 3.8) is 0 Å². The number of carboxylic acid groups (broad SMARTS) is 1. The van der Waals surface area contributed by atoms with Gasteiger partial charge in [-0.05, 0) is 61.1 Å². The van der Waals surface area contributed by atoms with E-state index in [0.29, 0.717) is 6.61 Å². The Morgan fingerprint density at radius 1 is 1.20 bits per heavy atom. The third kappa shape index (κ3) is 4.41. The molecule has 0 aliphatic rings. The summed E-state index contributed by atoms with van der Waals surface area (Å²) in [4.78, 5) is 11.0. The lowest BCUT2D eigenvalue weighted by atomic mass is 9.92. The van der Waals surface area contributed by atoms with Gasteiger partial charge in [0.25, 0.3) is 0 Å². The molecule has 0 fully saturated rings. The average molecular weight is 276 g/mol. The molecule has 0 saturated heterocycles. The van der Waals surface area contributed by atoms with Gasteiger partial charge in [-0.1, -0.05) is 20.3 Å². The summed E-state index contributed by atoms with van der Waals surface area (Å²) in [5.74, 6) is -0.0321. The van der Waals surface area contributed by atoms with E-state index in [1.54, 1.807) is 0 Å². The van der Waals surface area contributed by atoms with Crippen molar-refractivity contribution >= 4 is 11.5 Å². The second-order valence-corrected chi connectivity index (χ2v) is 5.04. The highest BCUT2D eigenvalue weighted by molar-refractivity contribution is 5.91. The van der Waals surface area contributed by atoms with E-state index in [1.165, 1.54) is 6.08 Å². The van der Waals surface area contributed by atoms with Gasteiger partial charge in [-0.2, -0.15) is 0 Å². The molecule has 0 bridgehead atoms. The molecule has 0 heterocycles. The largest absolute Gasteiger partial charge is 0.494 e. The third-order valence-corrected chi connectivity index (χ3v) is 3.12. The summed E-state index contributed by atoms with van der Waals surface area (Å²) in [5, 5.41) is 9.02.